The van der Waals surface area contributed by atoms with Crippen LogP contribution in [0, 0.1) is 5.92 Å². The van der Waals surface area contributed by atoms with Crippen molar-refractivity contribution in [1.29, 1.82) is 0 Å². The van der Waals surface area contributed by atoms with Crippen LogP contribution in [0.1, 0.15) is 12.0 Å². The minimum atomic E-state index is 0. The van der Waals surface area contributed by atoms with Crippen LogP contribution in [-0.2, 0) is 11.3 Å². The molecule has 0 bridgehead atoms. The molecule has 1 atom stereocenters. The van der Waals surface area contributed by atoms with Crippen LogP contribution in [0.5, 0.6) is 0 Å². The molecule has 1 aliphatic heterocycles. The zero-order valence-corrected chi connectivity index (χ0v) is 14.0. The Bertz CT molecular complexity index is 417. The molecule has 0 spiro atoms. The molecule has 4 nitrogen and oxygen atoms in total. The van der Waals surface area contributed by atoms with Gasteiger partial charge in [0.15, 0.2) is 0 Å². The molecule has 1 heterocycles. The number of likely N-dealkylation sites (tertiary alicyclic amines) is 1. The molecule has 1 aliphatic rings. The second-order valence-corrected chi connectivity index (χ2v) is 5.35. The van der Waals surface area contributed by atoms with Gasteiger partial charge in [0.1, 0.15) is 0 Å². The summed E-state index contributed by atoms with van der Waals surface area (Å²) in [5, 5.41) is 0. The second-order valence-electron chi connectivity index (χ2n) is 5.35. The van der Waals surface area contributed by atoms with Gasteiger partial charge in [-0.3, -0.25) is 9.69 Å². The molecule has 120 valence electrons. The number of hydrogen-bond acceptors (Lipinski definition) is 3. The van der Waals surface area contributed by atoms with E-state index in [1.54, 1.807) is 4.90 Å². The summed E-state index contributed by atoms with van der Waals surface area (Å²) in [4.78, 5) is 15.7. The summed E-state index contributed by atoms with van der Waals surface area (Å²) in [5.41, 5.74) is 6.73. The molecule has 1 unspecified atom stereocenters. The van der Waals surface area contributed by atoms with Crippen molar-refractivity contribution in [2.45, 2.75) is 13.0 Å². The van der Waals surface area contributed by atoms with Gasteiger partial charge in [-0.1, -0.05) is 30.3 Å². The molecule has 6 heteroatoms. The van der Waals surface area contributed by atoms with Crippen LogP contribution in [0.4, 0.5) is 0 Å². The molecule has 1 aromatic rings. The van der Waals surface area contributed by atoms with Crippen LogP contribution in [0.2, 0.25) is 0 Å². The highest BCUT2D eigenvalue weighted by molar-refractivity contribution is 5.85. The lowest BCUT2D eigenvalue weighted by atomic mass is 10.1. The monoisotopic (exact) mass is 333 g/mol. The van der Waals surface area contributed by atoms with Gasteiger partial charge in [0.25, 0.3) is 0 Å². The zero-order valence-electron chi connectivity index (χ0n) is 12.4. The first kappa shape index (κ1) is 20.2. The summed E-state index contributed by atoms with van der Waals surface area (Å²) in [6, 6.07) is 10.5. The van der Waals surface area contributed by atoms with Crippen molar-refractivity contribution in [2.75, 3.05) is 33.2 Å². The van der Waals surface area contributed by atoms with Crippen molar-refractivity contribution in [3.8, 4) is 0 Å². The van der Waals surface area contributed by atoms with E-state index in [9.17, 15) is 4.79 Å². The number of amides is 1. The summed E-state index contributed by atoms with van der Waals surface area (Å²) >= 11 is 0. The van der Waals surface area contributed by atoms with Crippen molar-refractivity contribution in [1.82, 2.24) is 9.80 Å². The lowest BCUT2D eigenvalue weighted by molar-refractivity contribution is -0.128. The van der Waals surface area contributed by atoms with E-state index in [1.807, 2.05) is 13.1 Å². The van der Waals surface area contributed by atoms with Crippen LogP contribution in [0.25, 0.3) is 0 Å². The van der Waals surface area contributed by atoms with E-state index in [0.29, 0.717) is 5.92 Å². The average molecular weight is 334 g/mol. The molecule has 1 saturated heterocycles. The molecule has 1 fully saturated rings. The van der Waals surface area contributed by atoms with E-state index >= 15 is 0 Å². The molecule has 0 saturated carbocycles. The molecule has 2 N–H and O–H groups in total. The first-order chi connectivity index (χ1) is 9.19. The zero-order chi connectivity index (χ0) is 13.7. The minimum absolute atomic E-state index is 0. The predicted molar refractivity (Wildman–Crippen MR) is 91.0 cm³/mol. The van der Waals surface area contributed by atoms with E-state index in [4.69, 9.17) is 5.73 Å². The summed E-state index contributed by atoms with van der Waals surface area (Å²) in [6.45, 7) is 4.12. The lowest BCUT2D eigenvalue weighted by Gasteiger charge is -2.21. The quantitative estimate of drug-likeness (QED) is 0.893. The lowest BCUT2D eigenvalue weighted by Crippen LogP contribution is -2.36. The van der Waals surface area contributed by atoms with Gasteiger partial charge in [0, 0.05) is 26.7 Å². The molecule has 21 heavy (non-hydrogen) atoms. The van der Waals surface area contributed by atoms with Gasteiger partial charge < -0.3 is 10.6 Å². The van der Waals surface area contributed by atoms with Crippen molar-refractivity contribution in [3.05, 3.63) is 35.9 Å². The molecule has 0 aliphatic carbocycles. The summed E-state index contributed by atoms with van der Waals surface area (Å²) in [7, 11) is 1.84. The largest absolute Gasteiger partial charge is 0.344 e. The van der Waals surface area contributed by atoms with Crippen LogP contribution in [0.3, 0.4) is 0 Å². The maximum absolute atomic E-state index is 11.5. The predicted octanol–water partition coefficient (Wildman–Crippen LogP) is 1.77. The third-order valence-corrected chi connectivity index (χ3v) is 3.75. The van der Waals surface area contributed by atoms with Crippen LogP contribution >= 0.6 is 24.8 Å². The van der Waals surface area contributed by atoms with Crippen molar-refractivity contribution >= 4 is 30.7 Å². The number of nitrogens with two attached hydrogens (primary N) is 1. The molecular weight excluding hydrogens is 309 g/mol. The number of rotatable bonds is 5. The fourth-order valence-electron chi connectivity index (χ4n) is 2.69. The summed E-state index contributed by atoms with van der Waals surface area (Å²) in [6.07, 6.45) is 1.16. The Hall–Kier alpha value is -0.810. The number of benzene rings is 1. The van der Waals surface area contributed by atoms with E-state index in [2.05, 4.69) is 29.2 Å². The van der Waals surface area contributed by atoms with Crippen molar-refractivity contribution in [2.24, 2.45) is 11.7 Å². The number of halogens is 2. The Morgan fingerprint density at radius 2 is 2.00 bits per heavy atom. The number of hydrogen-bond donors (Lipinski definition) is 1. The molecule has 2 rings (SSSR count). The topological polar surface area (TPSA) is 49.6 Å². The van der Waals surface area contributed by atoms with Gasteiger partial charge in [-0.15, -0.1) is 24.8 Å². The third kappa shape index (κ3) is 6.22. The molecule has 1 amide bonds. The second kappa shape index (κ2) is 10.0. The van der Waals surface area contributed by atoms with Crippen LogP contribution < -0.4 is 5.73 Å². The normalized spacial score (nSPS) is 17.7. The first-order valence-corrected chi connectivity index (χ1v) is 6.89. The average Bonchev–Trinajstić information content (AvgIpc) is 2.86. The third-order valence-electron chi connectivity index (χ3n) is 3.75. The van der Waals surface area contributed by atoms with Gasteiger partial charge in [0.2, 0.25) is 5.91 Å². The summed E-state index contributed by atoms with van der Waals surface area (Å²) < 4.78 is 0. The summed E-state index contributed by atoms with van der Waals surface area (Å²) in [5.74, 6) is 0.603. The van der Waals surface area contributed by atoms with Gasteiger partial charge in [-0.05, 0) is 24.4 Å². The number of nitrogens with zero attached hydrogens (tertiary/aromatic N) is 2. The van der Waals surface area contributed by atoms with Gasteiger partial charge in [-0.25, -0.2) is 0 Å². The maximum Gasteiger partial charge on any atom is 0.236 e. The standard InChI is InChI=1S/C15H23N3O.2ClH/c1-17(15(19)9-16)10-14-7-8-18(12-14)11-13-5-3-2-4-6-13;;/h2-6,14H,7-12,16H2,1H3;2*1H. The Labute approximate surface area is 139 Å². The number of likely N-dealkylation sites (N-methyl/N-ethyl adjacent to an activating group) is 1. The van der Waals surface area contributed by atoms with Gasteiger partial charge >= 0.3 is 0 Å². The number of carbonyl (C=O) groups is 1. The molecule has 0 radical (unpaired) electrons. The molecule has 0 aromatic heterocycles. The maximum atomic E-state index is 11.5. The van der Waals surface area contributed by atoms with Crippen molar-refractivity contribution < 1.29 is 4.79 Å². The van der Waals surface area contributed by atoms with E-state index in [-0.39, 0.29) is 37.3 Å². The van der Waals surface area contributed by atoms with Gasteiger partial charge in [-0.2, -0.15) is 0 Å². The SMILES string of the molecule is CN(CC1CCN(Cc2ccccc2)C1)C(=O)CN.Cl.Cl. The Morgan fingerprint density at radius 3 is 2.62 bits per heavy atom. The van der Waals surface area contributed by atoms with E-state index in [1.165, 1.54) is 5.56 Å². The number of carbonyl (C=O) groups excluding carboxylic acids is 1. The van der Waals surface area contributed by atoms with Crippen LogP contribution in [-0.4, -0.2) is 48.9 Å². The highest BCUT2D eigenvalue weighted by Gasteiger charge is 2.24. The fraction of sp³-hybridized carbons (Fsp3) is 0.533. The van der Waals surface area contributed by atoms with Crippen LogP contribution in [0.15, 0.2) is 30.3 Å². The Morgan fingerprint density at radius 1 is 1.33 bits per heavy atom. The highest BCUT2D eigenvalue weighted by Crippen LogP contribution is 2.19. The smallest absolute Gasteiger partial charge is 0.236 e. The Balaban J connectivity index is 0.00000200. The van der Waals surface area contributed by atoms with Crippen molar-refractivity contribution in [3.63, 3.8) is 0 Å². The first-order valence-electron chi connectivity index (χ1n) is 6.89. The molecule has 1 aromatic carbocycles. The fourth-order valence-corrected chi connectivity index (χ4v) is 2.69. The highest BCUT2D eigenvalue weighted by atomic mass is 35.5. The molecular formula is C15H25Cl2N3O. The minimum Gasteiger partial charge on any atom is -0.344 e. The Kier molecular flexibility index (Phi) is 9.62. The van der Waals surface area contributed by atoms with E-state index in [0.717, 1.165) is 32.6 Å². The van der Waals surface area contributed by atoms with E-state index < -0.39 is 0 Å². The van der Waals surface area contributed by atoms with Gasteiger partial charge in [0.05, 0.1) is 6.54 Å².